The maximum Gasteiger partial charge on any atom is 0.407 e. The molecule has 0 saturated heterocycles. The second-order valence-corrected chi connectivity index (χ2v) is 10.3. The number of rotatable bonds is 10. The molecule has 0 aliphatic heterocycles. The summed E-state index contributed by atoms with van der Waals surface area (Å²) >= 11 is 0. The largest absolute Gasteiger partial charge is 0.493 e. The zero-order valence-corrected chi connectivity index (χ0v) is 21.8. The minimum absolute atomic E-state index is 0.0823. The molecule has 3 aromatic carbocycles. The predicted molar refractivity (Wildman–Crippen MR) is 147 cm³/mol. The van der Waals surface area contributed by atoms with Crippen LogP contribution in [0.25, 0.3) is 11.1 Å². The molecule has 0 spiro atoms. The van der Waals surface area contributed by atoms with Crippen molar-refractivity contribution in [3.05, 3.63) is 89.0 Å². The standard InChI is InChI=1S/C32H35NO5/c1-2-17-37-30-16-15-21(18-27(30)22-9-3-4-10-22)19-29(31(34)35)33-32(36)38-20-28-25-13-7-5-11-23(25)24-12-6-8-14-26(24)28/h5-8,11-16,18,22,28-29H,2-4,9-10,17,19-20H2,1H3,(H,33,36)(H,34,35)/t29-/m0/s1. The predicted octanol–water partition coefficient (Wildman–Crippen LogP) is 6.67. The Morgan fingerprint density at radius 2 is 1.61 bits per heavy atom. The number of nitrogens with one attached hydrogen (secondary N) is 1. The summed E-state index contributed by atoms with van der Waals surface area (Å²) in [6.45, 7) is 2.87. The van der Waals surface area contributed by atoms with Crippen LogP contribution in [0.3, 0.4) is 0 Å². The Bertz CT molecular complexity index is 1250. The fourth-order valence-corrected chi connectivity index (χ4v) is 5.84. The van der Waals surface area contributed by atoms with E-state index in [1.807, 2.05) is 36.4 Å². The molecule has 6 nitrogen and oxygen atoms in total. The molecule has 2 aliphatic carbocycles. The van der Waals surface area contributed by atoms with Crippen LogP contribution in [0.2, 0.25) is 0 Å². The summed E-state index contributed by atoms with van der Waals surface area (Å²) in [5, 5.41) is 12.5. The van der Waals surface area contributed by atoms with Crippen LogP contribution in [0.4, 0.5) is 4.79 Å². The highest BCUT2D eigenvalue weighted by Crippen LogP contribution is 2.44. The van der Waals surface area contributed by atoms with E-state index >= 15 is 0 Å². The number of hydrogen-bond acceptors (Lipinski definition) is 4. The fourth-order valence-electron chi connectivity index (χ4n) is 5.84. The first-order chi connectivity index (χ1) is 18.5. The van der Waals surface area contributed by atoms with Crippen LogP contribution in [0.15, 0.2) is 66.7 Å². The molecule has 3 aromatic rings. The van der Waals surface area contributed by atoms with Gasteiger partial charge in [-0.1, -0.05) is 80.4 Å². The van der Waals surface area contributed by atoms with Crippen molar-refractivity contribution in [1.82, 2.24) is 5.32 Å². The van der Waals surface area contributed by atoms with Crippen LogP contribution in [0.5, 0.6) is 5.75 Å². The van der Waals surface area contributed by atoms with E-state index in [1.54, 1.807) is 0 Å². The molecular formula is C32H35NO5. The third kappa shape index (κ3) is 5.54. The molecule has 0 bridgehead atoms. The molecule has 1 saturated carbocycles. The number of ether oxygens (including phenoxy) is 2. The summed E-state index contributed by atoms with van der Waals surface area (Å²) in [7, 11) is 0. The number of benzene rings is 3. The lowest BCUT2D eigenvalue weighted by atomic mass is 9.93. The van der Waals surface area contributed by atoms with Crippen LogP contribution in [-0.4, -0.2) is 36.4 Å². The van der Waals surface area contributed by atoms with E-state index in [0.717, 1.165) is 58.4 Å². The van der Waals surface area contributed by atoms with Crippen molar-refractivity contribution in [2.75, 3.05) is 13.2 Å². The van der Waals surface area contributed by atoms with Gasteiger partial charge in [-0.15, -0.1) is 0 Å². The minimum Gasteiger partial charge on any atom is -0.493 e. The molecule has 2 aliphatic rings. The average molecular weight is 514 g/mol. The van der Waals surface area contributed by atoms with Gasteiger partial charge in [0.15, 0.2) is 0 Å². The van der Waals surface area contributed by atoms with Crippen LogP contribution in [0, 0.1) is 0 Å². The van der Waals surface area contributed by atoms with Crippen molar-refractivity contribution >= 4 is 12.1 Å². The van der Waals surface area contributed by atoms with Gasteiger partial charge in [0.1, 0.15) is 18.4 Å². The summed E-state index contributed by atoms with van der Waals surface area (Å²) in [5.74, 6) is 0.146. The zero-order chi connectivity index (χ0) is 26.5. The highest BCUT2D eigenvalue weighted by molar-refractivity contribution is 5.81. The van der Waals surface area contributed by atoms with E-state index in [0.29, 0.717) is 12.5 Å². The van der Waals surface area contributed by atoms with Gasteiger partial charge in [-0.3, -0.25) is 0 Å². The third-order valence-corrected chi connectivity index (χ3v) is 7.70. The lowest BCUT2D eigenvalue weighted by Gasteiger charge is -2.20. The van der Waals surface area contributed by atoms with Gasteiger partial charge in [-0.2, -0.15) is 0 Å². The molecule has 0 aromatic heterocycles. The number of carboxylic acid groups (broad SMARTS) is 1. The monoisotopic (exact) mass is 513 g/mol. The van der Waals surface area contributed by atoms with E-state index in [4.69, 9.17) is 9.47 Å². The van der Waals surface area contributed by atoms with Gasteiger partial charge in [0.25, 0.3) is 0 Å². The Hall–Kier alpha value is -3.80. The number of amides is 1. The van der Waals surface area contributed by atoms with Gasteiger partial charge < -0.3 is 19.9 Å². The van der Waals surface area contributed by atoms with Crippen molar-refractivity contribution in [2.24, 2.45) is 0 Å². The summed E-state index contributed by atoms with van der Waals surface area (Å²) in [6, 6.07) is 21.1. The normalized spacial score (nSPS) is 15.5. The van der Waals surface area contributed by atoms with Crippen molar-refractivity contribution in [1.29, 1.82) is 0 Å². The lowest BCUT2D eigenvalue weighted by molar-refractivity contribution is -0.139. The summed E-state index contributed by atoms with van der Waals surface area (Å²) in [6.07, 6.45) is 5.01. The molecule has 38 heavy (non-hydrogen) atoms. The Morgan fingerprint density at radius 1 is 0.947 bits per heavy atom. The Kier molecular flexibility index (Phi) is 7.97. The molecule has 2 N–H and O–H groups in total. The first kappa shape index (κ1) is 25.8. The molecule has 1 atom stereocenters. The third-order valence-electron chi connectivity index (χ3n) is 7.70. The SMILES string of the molecule is CCCOc1ccc(C[C@H](NC(=O)OCC2c3ccccc3-c3ccccc32)C(=O)O)cc1C1CCCC1. The van der Waals surface area contributed by atoms with Gasteiger partial charge >= 0.3 is 12.1 Å². The molecular weight excluding hydrogens is 478 g/mol. The Labute approximate surface area is 224 Å². The number of carboxylic acids is 1. The topological polar surface area (TPSA) is 84.9 Å². The number of carbonyl (C=O) groups is 2. The number of hydrogen-bond donors (Lipinski definition) is 2. The van der Waals surface area contributed by atoms with Crippen molar-refractivity contribution in [2.45, 2.75) is 63.3 Å². The van der Waals surface area contributed by atoms with Gasteiger partial charge in [0.05, 0.1) is 6.61 Å². The second kappa shape index (κ2) is 11.7. The van der Waals surface area contributed by atoms with Crippen LogP contribution < -0.4 is 10.1 Å². The lowest BCUT2D eigenvalue weighted by Crippen LogP contribution is -2.42. The van der Waals surface area contributed by atoms with E-state index in [9.17, 15) is 14.7 Å². The highest BCUT2D eigenvalue weighted by Gasteiger charge is 2.30. The van der Waals surface area contributed by atoms with Crippen LogP contribution in [0.1, 0.15) is 73.1 Å². The first-order valence-corrected chi connectivity index (χ1v) is 13.6. The van der Waals surface area contributed by atoms with E-state index in [1.165, 1.54) is 12.8 Å². The van der Waals surface area contributed by atoms with Gasteiger partial charge in [0.2, 0.25) is 0 Å². The molecule has 198 valence electrons. The van der Waals surface area contributed by atoms with Crippen LogP contribution in [-0.2, 0) is 16.0 Å². The maximum absolute atomic E-state index is 12.8. The van der Waals surface area contributed by atoms with Crippen molar-refractivity contribution < 1.29 is 24.2 Å². The summed E-state index contributed by atoms with van der Waals surface area (Å²) < 4.78 is 11.6. The Balaban J connectivity index is 1.26. The first-order valence-electron chi connectivity index (χ1n) is 13.6. The average Bonchev–Trinajstić information content (AvgIpc) is 3.58. The molecule has 0 unspecified atom stereocenters. The van der Waals surface area contributed by atoms with E-state index in [2.05, 4.69) is 42.6 Å². The maximum atomic E-state index is 12.8. The molecule has 1 fully saturated rings. The van der Waals surface area contributed by atoms with E-state index < -0.39 is 18.1 Å². The van der Waals surface area contributed by atoms with Gasteiger partial charge in [-0.25, -0.2) is 9.59 Å². The number of carbonyl (C=O) groups excluding carboxylic acids is 1. The molecule has 5 rings (SSSR count). The van der Waals surface area contributed by atoms with Crippen molar-refractivity contribution in [3.8, 4) is 16.9 Å². The quantitative estimate of drug-likeness (QED) is 0.316. The number of alkyl carbamates (subject to hydrolysis) is 1. The van der Waals surface area contributed by atoms with E-state index in [-0.39, 0.29) is 18.9 Å². The number of fused-ring (bicyclic) bond motifs is 3. The van der Waals surface area contributed by atoms with Gasteiger partial charge in [0, 0.05) is 12.3 Å². The van der Waals surface area contributed by atoms with Gasteiger partial charge in [-0.05, 0) is 64.6 Å². The van der Waals surface area contributed by atoms with Crippen LogP contribution >= 0.6 is 0 Å². The fraction of sp³-hybridized carbons (Fsp3) is 0.375. The molecule has 0 radical (unpaired) electrons. The second-order valence-electron chi connectivity index (χ2n) is 10.3. The molecule has 0 heterocycles. The van der Waals surface area contributed by atoms with Crippen molar-refractivity contribution in [3.63, 3.8) is 0 Å². The molecule has 1 amide bonds. The minimum atomic E-state index is -1.09. The Morgan fingerprint density at radius 3 is 2.24 bits per heavy atom. The zero-order valence-electron chi connectivity index (χ0n) is 21.8. The smallest absolute Gasteiger partial charge is 0.407 e. The summed E-state index contributed by atoms with van der Waals surface area (Å²) in [5.41, 5.74) is 6.53. The summed E-state index contributed by atoms with van der Waals surface area (Å²) in [4.78, 5) is 24.8. The highest BCUT2D eigenvalue weighted by atomic mass is 16.5. The molecule has 6 heteroatoms. The number of aliphatic carboxylic acids is 1.